The van der Waals surface area contributed by atoms with Gasteiger partial charge in [-0.15, -0.1) is 4.40 Å². The Morgan fingerprint density at radius 3 is 2.32 bits per heavy atom. The Morgan fingerprint density at radius 2 is 1.76 bits per heavy atom. The van der Waals surface area contributed by atoms with Crippen LogP contribution in [0.25, 0.3) is 5.53 Å². The number of likely N-dealkylation sites (N-methyl/N-ethyl adjacent to an activating group) is 1. The highest BCUT2D eigenvalue weighted by atomic mass is 35.5. The highest BCUT2D eigenvalue weighted by molar-refractivity contribution is 7.90. The first-order chi connectivity index (χ1) is 11.8. The molecule has 0 spiro atoms. The van der Waals surface area contributed by atoms with Gasteiger partial charge in [0.1, 0.15) is 4.90 Å². The zero-order valence-electron chi connectivity index (χ0n) is 13.4. The molecule has 0 fully saturated rings. The van der Waals surface area contributed by atoms with E-state index in [4.69, 9.17) is 23.2 Å². The van der Waals surface area contributed by atoms with E-state index in [1.165, 1.54) is 23.1 Å². The maximum absolute atomic E-state index is 12.7. The molecule has 0 atom stereocenters. The third kappa shape index (κ3) is 4.46. The molecular weight excluding hydrogens is 383 g/mol. The zero-order chi connectivity index (χ0) is 18.6. The van der Waals surface area contributed by atoms with E-state index in [1.807, 2.05) is 0 Å². The molecular formula is C16H14Cl2N4O2S. The van der Waals surface area contributed by atoms with Gasteiger partial charge in [0.15, 0.2) is 0 Å². The maximum Gasteiger partial charge on any atom is 0.365 e. The minimum absolute atomic E-state index is 0.00606. The number of amidine groups is 1. The molecule has 6 nitrogen and oxygen atoms in total. The summed E-state index contributed by atoms with van der Waals surface area (Å²) >= 11 is 11.8. The lowest BCUT2D eigenvalue weighted by Gasteiger charge is -2.12. The Balaban J connectivity index is 2.64. The molecule has 25 heavy (non-hydrogen) atoms. The van der Waals surface area contributed by atoms with E-state index in [0.29, 0.717) is 5.56 Å². The fourth-order valence-electron chi connectivity index (χ4n) is 2.00. The standard InChI is InChI=1S/C16H14Cl2N4O2S/c1-22(2)16(15(20-19)11-6-4-3-5-7-11)21-25(23,24)14-10-12(17)8-9-13(14)18/h3-10H,1-2H3/b21-16-. The number of sulfonamides is 1. The first kappa shape index (κ1) is 19.1. The molecule has 130 valence electrons. The molecule has 0 unspecified atom stereocenters. The summed E-state index contributed by atoms with van der Waals surface area (Å²) in [6.07, 6.45) is 0. The highest BCUT2D eigenvalue weighted by Gasteiger charge is 2.27. The van der Waals surface area contributed by atoms with Crippen molar-refractivity contribution in [3.05, 3.63) is 69.7 Å². The summed E-state index contributed by atoms with van der Waals surface area (Å²) in [6, 6.07) is 12.7. The summed E-state index contributed by atoms with van der Waals surface area (Å²) in [4.78, 5) is 4.42. The third-order valence-electron chi connectivity index (χ3n) is 3.16. The van der Waals surface area contributed by atoms with E-state index >= 15 is 0 Å². The number of hydrogen-bond acceptors (Lipinski definition) is 2. The van der Waals surface area contributed by atoms with Crippen LogP contribution in [0.4, 0.5) is 0 Å². The Kier molecular flexibility index (Phi) is 5.98. The molecule has 2 aromatic carbocycles. The topological polar surface area (TPSA) is 86.1 Å². The van der Waals surface area contributed by atoms with Crippen LogP contribution in [-0.4, -0.2) is 43.8 Å². The first-order valence-electron chi connectivity index (χ1n) is 7.01. The average molecular weight is 397 g/mol. The number of hydrogen-bond donors (Lipinski definition) is 0. The van der Waals surface area contributed by atoms with Gasteiger partial charge in [0, 0.05) is 19.1 Å². The van der Waals surface area contributed by atoms with Crippen LogP contribution in [0.1, 0.15) is 5.56 Å². The van der Waals surface area contributed by atoms with Crippen molar-refractivity contribution in [3.63, 3.8) is 0 Å². The minimum Gasteiger partial charge on any atom is -0.361 e. The summed E-state index contributed by atoms with van der Waals surface area (Å²) in [5.74, 6) is -0.0512. The maximum atomic E-state index is 12.7. The summed E-state index contributed by atoms with van der Waals surface area (Å²) in [6.45, 7) is 0. The smallest absolute Gasteiger partial charge is 0.361 e. The number of nitrogens with zero attached hydrogens (tertiary/aromatic N) is 4. The molecule has 0 saturated carbocycles. The number of benzene rings is 2. The minimum atomic E-state index is -4.18. The monoisotopic (exact) mass is 396 g/mol. The molecule has 0 saturated heterocycles. The van der Waals surface area contributed by atoms with Crippen LogP contribution in [-0.2, 0) is 10.0 Å². The van der Waals surface area contributed by atoms with Gasteiger partial charge in [0.05, 0.1) is 10.6 Å². The molecule has 2 rings (SSSR count). The Bertz CT molecular complexity index is 967. The van der Waals surface area contributed by atoms with Gasteiger partial charge in [-0.3, -0.25) is 0 Å². The summed E-state index contributed by atoms with van der Waals surface area (Å²) in [5, 5.41) is 0.206. The van der Waals surface area contributed by atoms with Crippen molar-refractivity contribution in [2.75, 3.05) is 14.1 Å². The summed E-state index contributed by atoms with van der Waals surface area (Å²) in [5.41, 5.74) is 9.91. The SMILES string of the molecule is CN(C)/C(=N\S(=O)(=O)c1cc(Cl)ccc1Cl)C(=[N+]=[N-])c1ccccc1. The lowest BCUT2D eigenvalue weighted by Crippen LogP contribution is -2.32. The summed E-state index contributed by atoms with van der Waals surface area (Å²) in [7, 11) is -1.01. The number of halogens is 2. The van der Waals surface area contributed by atoms with Crippen molar-refractivity contribution in [2.24, 2.45) is 4.40 Å². The first-order valence-corrected chi connectivity index (χ1v) is 9.21. The van der Waals surface area contributed by atoms with Crippen molar-refractivity contribution < 1.29 is 13.2 Å². The fourth-order valence-corrected chi connectivity index (χ4v) is 3.82. The average Bonchev–Trinajstić information content (AvgIpc) is 2.57. The third-order valence-corrected chi connectivity index (χ3v) is 5.14. The predicted molar refractivity (Wildman–Crippen MR) is 98.9 cm³/mol. The molecule has 0 aliphatic carbocycles. The molecule has 0 aliphatic rings. The van der Waals surface area contributed by atoms with E-state index in [-0.39, 0.29) is 26.5 Å². The van der Waals surface area contributed by atoms with Crippen molar-refractivity contribution in [1.29, 1.82) is 0 Å². The van der Waals surface area contributed by atoms with Gasteiger partial charge >= 0.3 is 5.71 Å². The molecule has 2 aromatic rings. The molecule has 0 aliphatic heterocycles. The van der Waals surface area contributed by atoms with Gasteiger partial charge in [0.2, 0.25) is 5.84 Å². The second-order valence-electron chi connectivity index (χ2n) is 5.17. The van der Waals surface area contributed by atoms with Gasteiger partial charge in [-0.25, -0.2) is 0 Å². The molecule has 0 radical (unpaired) electrons. The molecule has 0 heterocycles. The molecule has 9 heteroatoms. The number of rotatable bonds is 4. The lowest BCUT2D eigenvalue weighted by molar-refractivity contribution is -0.00119. The molecule has 0 aromatic heterocycles. The van der Waals surface area contributed by atoms with Crippen LogP contribution in [0.3, 0.4) is 0 Å². The van der Waals surface area contributed by atoms with E-state index in [9.17, 15) is 13.9 Å². The Labute approximate surface area is 156 Å². The summed E-state index contributed by atoms with van der Waals surface area (Å²) < 4.78 is 29.2. The van der Waals surface area contributed by atoms with Gasteiger partial charge in [0.25, 0.3) is 10.0 Å². The molecule has 0 N–H and O–H groups in total. The lowest BCUT2D eigenvalue weighted by atomic mass is 10.1. The fraction of sp³-hybridized carbons (Fsp3) is 0.125. The van der Waals surface area contributed by atoms with Gasteiger partial charge in [-0.05, 0) is 30.3 Å². The van der Waals surface area contributed by atoms with Crippen LogP contribution >= 0.6 is 23.2 Å². The Hall–Kier alpha value is -2.18. The van der Waals surface area contributed by atoms with Crippen LogP contribution < -0.4 is 0 Å². The quantitative estimate of drug-likeness (QED) is 0.343. The predicted octanol–water partition coefficient (Wildman–Crippen LogP) is 3.36. The van der Waals surface area contributed by atoms with Crippen molar-refractivity contribution in [1.82, 2.24) is 4.90 Å². The molecule has 0 bridgehead atoms. The van der Waals surface area contributed by atoms with Crippen LogP contribution in [0, 0.1) is 0 Å². The zero-order valence-corrected chi connectivity index (χ0v) is 15.7. The van der Waals surface area contributed by atoms with E-state index < -0.39 is 10.0 Å². The molecule has 0 amide bonds. The Morgan fingerprint density at radius 1 is 1.12 bits per heavy atom. The van der Waals surface area contributed by atoms with Gasteiger partial charge in [-0.1, -0.05) is 41.4 Å². The van der Waals surface area contributed by atoms with Crippen molar-refractivity contribution in [3.8, 4) is 0 Å². The van der Waals surface area contributed by atoms with Crippen LogP contribution in [0.2, 0.25) is 10.0 Å². The van der Waals surface area contributed by atoms with E-state index in [2.05, 4.69) is 9.19 Å². The second-order valence-corrected chi connectivity index (χ2v) is 7.59. The van der Waals surface area contributed by atoms with E-state index in [1.54, 1.807) is 44.4 Å². The largest absolute Gasteiger partial charge is 0.365 e. The van der Waals surface area contributed by atoms with Crippen LogP contribution in [0.15, 0.2) is 57.8 Å². The normalized spacial score (nSPS) is 11.8. The van der Waals surface area contributed by atoms with Crippen molar-refractivity contribution >= 4 is 44.8 Å². The highest BCUT2D eigenvalue weighted by Crippen LogP contribution is 2.26. The van der Waals surface area contributed by atoms with Crippen LogP contribution in [0.5, 0.6) is 0 Å². The van der Waals surface area contributed by atoms with Gasteiger partial charge < -0.3 is 10.4 Å². The van der Waals surface area contributed by atoms with Gasteiger partial charge in [-0.2, -0.15) is 13.2 Å². The second kappa shape index (κ2) is 7.80. The van der Waals surface area contributed by atoms with E-state index in [0.717, 1.165) is 0 Å². The van der Waals surface area contributed by atoms with Crippen molar-refractivity contribution in [2.45, 2.75) is 4.90 Å².